The normalized spacial score (nSPS) is 14.8. The van der Waals surface area contributed by atoms with Crippen LogP contribution in [0.15, 0.2) is 42.9 Å². The SMILES string of the molecule is O=C(Nc1cccc(-c2nnc3n2CCCC3)n1)c1cc(-n2cnc(C3CC3)c2)c(OCCCF)cc1F. The van der Waals surface area contributed by atoms with E-state index in [0.717, 1.165) is 56.2 Å². The first-order valence-corrected chi connectivity index (χ1v) is 12.9. The van der Waals surface area contributed by atoms with Crippen molar-refractivity contribution in [3.8, 4) is 23.0 Å². The lowest BCUT2D eigenvalue weighted by Gasteiger charge is -2.15. The molecule has 1 aliphatic carbocycles. The fourth-order valence-corrected chi connectivity index (χ4v) is 4.64. The van der Waals surface area contributed by atoms with Crippen molar-refractivity contribution in [2.24, 2.45) is 0 Å². The van der Waals surface area contributed by atoms with Gasteiger partial charge in [0, 0.05) is 37.6 Å². The molecule has 38 heavy (non-hydrogen) atoms. The maximum Gasteiger partial charge on any atom is 0.259 e. The van der Waals surface area contributed by atoms with Gasteiger partial charge in [-0.3, -0.25) is 9.18 Å². The number of alkyl halides is 1. The second-order valence-electron chi connectivity index (χ2n) is 9.58. The lowest BCUT2D eigenvalue weighted by atomic mass is 10.1. The largest absolute Gasteiger partial charge is 0.491 e. The summed E-state index contributed by atoms with van der Waals surface area (Å²) in [5.74, 6) is 1.05. The molecule has 0 atom stereocenters. The molecule has 0 bridgehead atoms. The number of halogens is 2. The van der Waals surface area contributed by atoms with Gasteiger partial charge in [-0.1, -0.05) is 6.07 Å². The van der Waals surface area contributed by atoms with Crippen LogP contribution in [0.4, 0.5) is 14.6 Å². The summed E-state index contributed by atoms with van der Waals surface area (Å²) in [6.07, 6.45) is 8.82. The minimum absolute atomic E-state index is 0.0850. The van der Waals surface area contributed by atoms with Gasteiger partial charge in [-0.2, -0.15) is 0 Å². The van der Waals surface area contributed by atoms with E-state index in [1.165, 1.54) is 6.07 Å². The third-order valence-corrected chi connectivity index (χ3v) is 6.78. The minimum Gasteiger partial charge on any atom is -0.491 e. The van der Waals surface area contributed by atoms with E-state index in [9.17, 15) is 9.18 Å². The van der Waals surface area contributed by atoms with Gasteiger partial charge in [0.25, 0.3) is 5.91 Å². The van der Waals surface area contributed by atoms with Crippen molar-refractivity contribution in [1.82, 2.24) is 29.3 Å². The van der Waals surface area contributed by atoms with Crippen molar-refractivity contribution in [1.29, 1.82) is 0 Å². The molecule has 0 unspecified atom stereocenters. The van der Waals surface area contributed by atoms with E-state index in [4.69, 9.17) is 4.74 Å². The van der Waals surface area contributed by atoms with E-state index in [2.05, 4.69) is 25.5 Å². The van der Waals surface area contributed by atoms with E-state index in [0.29, 0.717) is 23.1 Å². The van der Waals surface area contributed by atoms with Crippen LogP contribution in [0.1, 0.15) is 59.9 Å². The third-order valence-electron chi connectivity index (χ3n) is 6.78. The number of hydrogen-bond acceptors (Lipinski definition) is 6. The van der Waals surface area contributed by atoms with Crippen LogP contribution in [0.3, 0.4) is 0 Å². The van der Waals surface area contributed by atoms with E-state index >= 15 is 4.39 Å². The summed E-state index contributed by atoms with van der Waals surface area (Å²) in [5.41, 5.74) is 1.79. The number of nitrogens with one attached hydrogen (secondary N) is 1. The second-order valence-corrected chi connectivity index (χ2v) is 9.58. The number of aromatic nitrogens is 6. The van der Waals surface area contributed by atoms with Crippen molar-refractivity contribution in [3.05, 3.63) is 65.8 Å². The Hall–Kier alpha value is -4.15. The lowest BCUT2D eigenvalue weighted by Crippen LogP contribution is -2.16. The standard InChI is InChI=1S/C27H27F2N7O2/c28-10-4-12-38-23-14-19(29)18(13-22(23)35-15-21(30-16-35)17-8-9-17)27(37)32-24-6-3-5-20(31-24)26-34-33-25-7-1-2-11-36(25)26/h3,5-6,13-17H,1-2,4,7-12H2,(H,31,32,37). The fourth-order valence-electron chi connectivity index (χ4n) is 4.64. The molecule has 1 amide bonds. The number of rotatable bonds is 9. The Morgan fingerprint density at radius 3 is 2.92 bits per heavy atom. The molecule has 1 aromatic carbocycles. The van der Waals surface area contributed by atoms with Crippen molar-refractivity contribution in [3.63, 3.8) is 0 Å². The summed E-state index contributed by atoms with van der Waals surface area (Å²) in [4.78, 5) is 22.2. The highest BCUT2D eigenvalue weighted by Crippen LogP contribution is 2.39. The van der Waals surface area contributed by atoms with Gasteiger partial charge in [0.2, 0.25) is 0 Å². The van der Waals surface area contributed by atoms with Gasteiger partial charge in [-0.05, 0) is 43.9 Å². The predicted molar refractivity (Wildman–Crippen MR) is 136 cm³/mol. The Bertz CT molecular complexity index is 1480. The number of anilines is 1. The molecule has 9 nitrogen and oxygen atoms in total. The number of ether oxygens (including phenoxy) is 1. The molecule has 4 heterocycles. The number of nitrogens with zero attached hydrogens (tertiary/aromatic N) is 6. The van der Waals surface area contributed by atoms with E-state index in [-0.39, 0.29) is 30.2 Å². The Morgan fingerprint density at radius 2 is 2.08 bits per heavy atom. The molecule has 3 aromatic heterocycles. The van der Waals surface area contributed by atoms with Gasteiger partial charge >= 0.3 is 0 Å². The highest BCUT2D eigenvalue weighted by Gasteiger charge is 2.27. The molecular weight excluding hydrogens is 492 g/mol. The summed E-state index contributed by atoms with van der Waals surface area (Å²) in [6, 6.07) is 7.79. The molecule has 11 heteroatoms. The first-order chi connectivity index (χ1) is 18.6. The number of fused-ring (bicyclic) bond motifs is 1. The molecule has 1 saturated carbocycles. The fraction of sp³-hybridized carbons (Fsp3) is 0.370. The van der Waals surface area contributed by atoms with Gasteiger partial charge in [-0.25, -0.2) is 14.4 Å². The molecule has 1 N–H and O–H groups in total. The Balaban J connectivity index is 1.28. The number of carbonyl (C=O) groups excluding carboxylic acids is 1. The van der Waals surface area contributed by atoms with E-state index < -0.39 is 18.4 Å². The topological polar surface area (TPSA) is 99.8 Å². The summed E-state index contributed by atoms with van der Waals surface area (Å²) < 4.78 is 37.2. The summed E-state index contributed by atoms with van der Waals surface area (Å²) in [5, 5.41) is 11.3. The number of carbonyl (C=O) groups is 1. The van der Waals surface area contributed by atoms with Gasteiger partial charge in [0.15, 0.2) is 5.82 Å². The van der Waals surface area contributed by atoms with Crippen molar-refractivity contribution in [2.45, 2.75) is 51.0 Å². The van der Waals surface area contributed by atoms with Crippen LogP contribution in [0.5, 0.6) is 5.75 Å². The molecule has 196 valence electrons. The Morgan fingerprint density at radius 1 is 1.18 bits per heavy atom. The van der Waals surface area contributed by atoms with E-state index in [1.807, 2.05) is 10.8 Å². The maximum absolute atomic E-state index is 15.2. The number of benzene rings is 1. The number of imidazole rings is 1. The summed E-state index contributed by atoms with van der Waals surface area (Å²) >= 11 is 0. The number of pyridine rings is 1. The Kier molecular flexibility index (Phi) is 6.57. The van der Waals surface area contributed by atoms with Crippen LogP contribution >= 0.6 is 0 Å². The van der Waals surface area contributed by atoms with Crippen molar-refractivity contribution < 1.29 is 18.3 Å². The molecule has 0 saturated heterocycles. The van der Waals surface area contributed by atoms with Gasteiger partial charge in [-0.15, -0.1) is 10.2 Å². The van der Waals surface area contributed by atoms with Gasteiger partial charge in [0.1, 0.15) is 28.9 Å². The highest BCUT2D eigenvalue weighted by molar-refractivity contribution is 6.04. The molecule has 6 rings (SSSR count). The first kappa shape index (κ1) is 24.2. The van der Waals surface area contributed by atoms with Crippen LogP contribution < -0.4 is 10.1 Å². The molecule has 0 radical (unpaired) electrons. The van der Waals surface area contributed by atoms with Crippen molar-refractivity contribution in [2.75, 3.05) is 18.6 Å². The number of aryl methyl sites for hydroxylation is 1. The average Bonchev–Trinajstić information content (AvgIpc) is 3.50. The lowest BCUT2D eigenvalue weighted by molar-refractivity contribution is 0.102. The zero-order chi connectivity index (χ0) is 26.1. The van der Waals surface area contributed by atoms with Crippen LogP contribution in [0.25, 0.3) is 17.2 Å². The predicted octanol–water partition coefficient (Wildman–Crippen LogP) is 4.87. The van der Waals surface area contributed by atoms with Crippen molar-refractivity contribution >= 4 is 11.7 Å². The third kappa shape index (κ3) is 4.88. The monoisotopic (exact) mass is 519 g/mol. The zero-order valence-electron chi connectivity index (χ0n) is 20.7. The molecular formula is C27H27F2N7O2. The molecule has 4 aromatic rings. The Labute approximate surface area is 217 Å². The molecule has 1 fully saturated rings. The average molecular weight is 520 g/mol. The van der Waals surface area contributed by atoms with Crippen LogP contribution in [0.2, 0.25) is 0 Å². The first-order valence-electron chi connectivity index (χ1n) is 12.9. The molecule has 1 aliphatic heterocycles. The summed E-state index contributed by atoms with van der Waals surface area (Å²) in [7, 11) is 0. The zero-order valence-corrected chi connectivity index (χ0v) is 20.7. The highest BCUT2D eigenvalue weighted by atomic mass is 19.1. The minimum atomic E-state index is -0.758. The van der Waals surface area contributed by atoms with E-state index in [1.54, 1.807) is 29.1 Å². The number of hydrogen-bond donors (Lipinski definition) is 1. The van der Waals surface area contributed by atoms with Gasteiger partial charge < -0.3 is 19.2 Å². The molecule has 0 spiro atoms. The second kappa shape index (κ2) is 10.3. The quantitative estimate of drug-likeness (QED) is 0.317. The summed E-state index contributed by atoms with van der Waals surface area (Å²) in [6.45, 7) is 0.362. The smallest absolute Gasteiger partial charge is 0.259 e. The molecule has 2 aliphatic rings. The van der Waals surface area contributed by atoms with Crippen LogP contribution in [0, 0.1) is 5.82 Å². The maximum atomic E-state index is 15.2. The number of amides is 1. The van der Waals surface area contributed by atoms with Crippen LogP contribution in [-0.4, -0.2) is 48.5 Å². The van der Waals surface area contributed by atoms with Crippen LogP contribution in [-0.2, 0) is 13.0 Å². The van der Waals surface area contributed by atoms with Gasteiger partial charge in [0.05, 0.1) is 36.6 Å².